The number of rotatable bonds is 8. The lowest BCUT2D eigenvalue weighted by Gasteiger charge is -2.17. The summed E-state index contributed by atoms with van der Waals surface area (Å²) in [5.74, 6) is 0.0664. The van der Waals surface area contributed by atoms with Gasteiger partial charge in [-0.2, -0.15) is 0 Å². The molecule has 0 spiro atoms. The maximum absolute atomic E-state index is 11.9. The van der Waals surface area contributed by atoms with Crippen molar-refractivity contribution in [1.82, 2.24) is 4.72 Å². The van der Waals surface area contributed by atoms with E-state index < -0.39 is 10.0 Å². The Kier molecular flexibility index (Phi) is 6.32. The molecule has 0 radical (unpaired) electrons. The van der Waals surface area contributed by atoms with Crippen LogP contribution in [0.5, 0.6) is 0 Å². The van der Waals surface area contributed by atoms with Gasteiger partial charge in [0, 0.05) is 12.6 Å². The van der Waals surface area contributed by atoms with Gasteiger partial charge in [0.15, 0.2) is 0 Å². The maximum atomic E-state index is 11.9. The highest BCUT2D eigenvalue weighted by Crippen LogP contribution is 2.17. The fraction of sp³-hybridized carbons (Fsp3) is 0.538. The summed E-state index contributed by atoms with van der Waals surface area (Å²) in [6.07, 6.45) is 1.71. The third-order valence-corrected chi connectivity index (χ3v) is 4.22. The van der Waals surface area contributed by atoms with Gasteiger partial charge in [0.25, 0.3) is 0 Å². The summed E-state index contributed by atoms with van der Waals surface area (Å²) in [5.41, 5.74) is 0.978. The maximum Gasteiger partial charge on any atom is 0.212 e. The van der Waals surface area contributed by atoms with Gasteiger partial charge < -0.3 is 5.11 Å². The Bertz CT molecular complexity index is 431. The zero-order valence-corrected chi connectivity index (χ0v) is 11.5. The summed E-state index contributed by atoms with van der Waals surface area (Å²) >= 11 is 0. The lowest BCUT2D eigenvalue weighted by Crippen LogP contribution is -2.30. The van der Waals surface area contributed by atoms with Gasteiger partial charge in [-0.3, -0.25) is 0 Å². The first kappa shape index (κ1) is 15.1. The zero-order chi connectivity index (χ0) is 13.4. The fourth-order valence-electron chi connectivity index (χ4n) is 1.75. The summed E-state index contributed by atoms with van der Waals surface area (Å²) in [4.78, 5) is 0. The molecule has 1 unspecified atom stereocenters. The number of hydrogen-bond donors (Lipinski definition) is 2. The molecule has 0 heterocycles. The number of nitrogens with one attached hydrogen (secondary N) is 1. The van der Waals surface area contributed by atoms with E-state index in [1.165, 1.54) is 0 Å². The molecule has 0 aliphatic rings. The van der Waals surface area contributed by atoms with E-state index in [1.807, 2.05) is 37.3 Å². The molecule has 5 heteroatoms. The van der Waals surface area contributed by atoms with Gasteiger partial charge >= 0.3 is 0 Å². The number of unbranched alkanes of at least 4 members (excludes halogenated alkanes) is 1. The quantitative estimate of drug-likeness (QED) is 0.709. The van der Waals surface area contributed by atoms with Crippen molar-refractivity contribution in [2.75, 3.05) is 12.4 Å². The van der Waals surface area contributed by atoms with Crippen LogP contribution in [0.3, 0.4) is 0 Å². The minimum absolute atomic E-state index is 0.0331. The van der Waals surface area contributed by atoms with Gasteiger partial charge in [-0.15, -0.1) is 0 Å². The van der Waals surface area contributed by atoms with E-state index >= 15 is 0 Å². The van der Waals surface area contributed by atoms with Crippen LogP contribution in [-0.4, -0.2) is 25.9 Å². The number of sulfonamides is 1. The van der Waals surface area contributed by atoms with Gasteiger partial charge in [0.2, 0.25) is 10.0 Å². The average molecular weight is 271 g/mol. The SMILES string of the molecule is CCC(NS(=O)(=O)CCCCO)c1ccccc1. The zero-order valence-electron chi connectivity index (χ0n) is 10.7. The van der Waals surface area contributed by atoms with Crippen molar-refractivity contribution in [1.29, 1.82) is 0 Å². The van der Waals surface area contributed by atoms with Crippen molar-refractivity contribution in [3.63, 3.8) is 0 Å². The molecular weight excluding hydrogens is 250 g/mol. The van der Waals surface area contributed by atoms with E-state index in [-0.39, 0.29) is 18.4 Å². The lowest BCUT2D eigenvalue weighted by molar-refractivity contribution is 0.287. The van der Waals surface area contributed by atoms with Gasteiger partial charge in [-0.25, -0.2) is 13.1 Å². The molecule has 0 aliphatic carbocycles. The summed E-state index contributed by atoms with van der Waals surface area (Å²) in [6.45, 7) is 1.99. The van der Waals surface area contributed by atoms with Crippen molar-refractivity contribution in [2.24, 2.45) is 0 Å². The van der Waals surface area contributed by atoms with Crippen LogP contribution in [0.4, 0.5) is 0 Å². The number of benzene rings is 1. The van der Waals surface area contributed by atoms with Gasteiger partial charge in [0.1, 0.15) is 0 Å². The van der Waals surface area contributed by atoms with E-state index in [0.29, 0.717) is 19.3 Å². The van der Waals surface area contributed by atoms with E-state index in [1.54, 1.807) is 0 Å². The Labute approximate surface area is 109 Å². The molecular formula is C13H21NO3S. The van der Waals surface area contributed by atoms with Crippen molar-refractivity contribution in [2.45, 2.75) is 32.2 Å². The molecule has 0 aliphatic heterocycles. The summed E-state index contributed by atoms with van der Waals surface area (Å²) in [5, 5.41) is 8.65. The number of aliphatic hydroxyl groups is 1. The highest BCUT2D eigenvalue weighted by atomic mass is 32.2. The smallest absolute Gasteiger partial charge is 0.212 e. The van der Waals surface area contributed by atoms with E-state index in [9.17, 15) is 8.42 Å². The summed E-state index contributed by atoms with van der Waals surface area (Å²) in [6, 6.07) is 9.38. The summed E-state index contributed by atoms with van der Waals surface area (Å²) < 4.78 is 26.4. The molecule has 1 atom stereocenters. The van der Waals surface area contributed by atoms with Crippen LogP contribution in [0.25, 0.3) is 0 Å². The molecule has 2 N–H and O–H groups in total. The van der Waals surface area contributed by atoms with Crippen LogP contribution in [0.2, 0.25) is 0 Å². The minimum atomic E-state index is -3.27. The highest BCUT2D eigenvalue weighted by molar-refractivity contribution is 7.89. The molecule has 1 rings (SSSR count). The molecule has 102 valence electrons. The second-order valence-corrected chi connectivity index (χ2v) is 6.11. The Balaban J connectivity index is 2.63. The van der Waals surface area contributed by atoms with Crippen LogP contribution < -0.4 is 4.72 Å². The van der Waals surface area contributed by atoms with E-state index in [2.05, 4.69) is 4.72 Å². The molecule has 1 aromatic rings. The first-order valence-electron chi connectivity index (χ1n) is 6.25. The second-order valence-electron chi connectivity index (χ2n) is 4.24. The molecule has 0 saturated heterocycles. The van der Waals surface area contributed by atoms with Crippen molar-refractivity contribution < 1.29 is 13.5 Å². The third-order valence-electron chi connectivity index (χ3n) is 2.75. The first-order chi connectivity index (χ1) is 8.59. The predicted molar refractivity (Wildman–Crippen MR) is 72.7 cm³/mol. The highest BCUT2D eigenvalue weighted by Gasteiger charge is 2.17. The van der Waals surface area contributed by atoms with Crippen LogP contribution in [-0.2, 0) is 10.0 Å². The van der Waals surface area contributed by atoms with Crippen molar-refractivity contribution in [3.8, 4) is 0 Å². The second kappa shape index (κ2) is 7.51. The summed E-state index contributed by atoms with van der Waals surface area (Å²) in [7, 11) is -3.27. The van der Waals surface area contributed by atoms with Gasteiger partial charge in [-0.1, -0.05) is 37.3 Å². The Morgan fingerprint density at radius 2 is 1.89 bits per heavy atom. The molecule has 4 nitrogen and oxygen atoms in total. The minimum Gasteiger partial charge on any atom is -0.396 e. The molecule has 0 fully saturated rings. The lowest BCUT2D eigenvalue weighted by atomic mass is 10.1. The molecule has 0 amide bonds. The van der Waals surface area contributed by atoms with Crippen molar-refractivity contribution in [3.05, 3.63) is 35.9 Å². The first-order valence-corrected chi connectivity index (χ1v) is 7.90. The Morgan fingerprint density at radius 1 is 1.22 bits per heavy atom. The molecule has 1 aromatic carbocycles. The monoisotopic (exact) mass is 271 g/mol. The van der Waals surface area contributed by atoms with Gasteiger partial charge in [0.05, 0.1) is 5.75 Å². The molecule has 0 aromatic heterocycles. The van der Waals surface area contributed by atoms with Crippen LogP contribution >= 0.6 is 0 Å². The predicted octanol–water partition coefficient (Wildman–Crippen LogP) is 1.83. The van der Waals surface area contributed by atoms with E-state index in [4.69, 9.17) is 5.11 Å². The molecule has 0 bridgehead atoms. The average Bonchev–Trinajstić information content (AvgIpc) is 2.37. The van der Waals surface area contributed by atoms with Gasteiger partial charge in [-0.05, 0) is 24.8 Å². The van der Waals surface area contributed by atoms with Crippen LogP contribution in [0, 0.1) is 0 Å². The molecule has 18 heavy (non-hydrogen) atoms. The topological polar surface area (TPSA) is 66.4 Å². The third kappa shape index (κ3) is 5.16. The van der Waals surface area contributed by atoms with E-state index in [0.717, 1.165) is 5.56 Å². The Morgan fingerprint density at radius 3 is 2.44 bits per heavy atom. The Hall–Kier alpha value is -0.910. The number of hydrogen-bond acceptors (Lipinski definition) is 3. The standard InChI is InChI=1S/C13H21NO3S/c1-2-13(12-8-4-3-5-9-12)14-18(16,17)11-7-6-10-15/h3-5,8-9,13-15H,2,6-7,10-11H2,1H3. The van der Waals surface area contributed by atoms with Crippen LogP contribution in [0.1, 0.15) is 37.8 Å². The normalized spacial score (nSPS) is 13.4. The number of aliphatic hydroxyl groups excluding tert-OH is 1. The molecule has 0 saturated carbocycles. The largest absolute Gasteiger partial charge is 0.396 e. The van der Waals surface area contributed by atoms with Crippen molar-refractivity contribution >= 4 is 10.0 Å². The fourth-order valence-corrected chi connectivity index (χ4v) is 3.19. The van der Waals surface area contributed by atoms with Crippen LogP contribution in [0.15, 0.2) is 30.3 Å².